The quantitative estimate of drug-likeness (QED) is 0.859. The van der Waals surface area contributed by atoms with Crippen LogP contribution in [0.5, 0.6) is 0 Å². The maximum atomic E-state index is 6.22. The number of hydrogen-bond donors (Lipinski definition) is 1. The minimum absolute atomic E-state index is 0.460. The van der Waals surface area contributed by atoms with E-state index in [0.29, 0.717) is 10.8 Å². The lowest BCUT2D eigenvalue weighted by Crippen LogP contribution is -2.56. The van der Waals surface area contributed by atoms with E-state index in [9.17, 15) is 0 Å². The molecule has 0 saturated heterocycles. The fourth-order valence-corrected chi connectivity index (χ4v) is 6.10. The average molecular weight is 269 g/mol. The number of rotatable bonds is 2. The van der Waals surface area contributed by atoms with E-state index in [2.05, 4.69) is 32.0 Å². The molecule has 108 valence electrons. The van der Waals surface area contributed by atoms with Crippen molar-refractivity contribution in [2.75, 3.05) is 6.54 Å². The van der Waals surface area contributed by atoms with Crippen molar-refractivity contribution in [1.82, 2.24) is 0 Å². The van der Waals surface area contributed by atoms with Crippen LogP contribution in [0.15, 0.2) is 18.2 Å². The summed E-state index contributed by atoms with van der Waals surface area (Å²) >= 11 is 0. The Balaban J connectivity index is 1.78. The third-order valence-corrected chi connectivity index (χ3v) is 6.73. The van der Waals surface area contributed by atoms with Gasteiger partial charge < -0.3 is 5.73 Å². The molecule has 0 heterocycles. The second kappa shape index (κ2) is 4.10. The highest BCUT2D eigenvalue weighted by atomic mass is 14.7. The number of aryl methyl sites for hydroxylation is 2. The highest BCUT2D eigenvalue weighted by Crippen LogP contribution is 2.65. The summed E-state index contributed by atoms with van der Waals surface area (Å²) in [6, 6.07) is 7.23. The van der Waals surface area contributed by atoms with Gasteiger partial charge in [0.1, 0.15) is 0 Å². The largest absolute Gasteiger partial charge is 0.330 e. The molecule has 4 fully saturated rings. The molecular weight excluding hydrogens is 242 g/mol. The van der Waals surface area contributed by atoms with Crippen molar-refractivity contribution in [1.29, 1.82) is 0 Å². The van der Waals surface area contributed by atoms with E-state index >= 15 is 0 Å². The smallest absolute Gasteiger partial charge is 0.00200 e. The molecule has 4 aliphatic rings. The maximum absolute atomic E-state index is 6.22. The fraction of sp³-hybridized carbons (Fsp3) is 0.684. The Hall–Kier alpha value is -0.820. The lowest BCUT2D eigenvalue weighted by molar-refractivity contribution is -0.0667. The van der Waals surface area contributed by atoms with Gasteiger partial charge in [0.2, 0.25) is 0 Å². The molecule has 0 aromatic heterocycles. The highest BCUT2D eigenvalue weighted by molar-refractivity contribution is 5.37. The Kier molecular flexibility index (Phi) is 2.64. The molecule has 0 radical (unpaired) electrons. The summed E-state index contributed by atoms with van der Waals surface area (Å²) in [5, 5.41) is 0. The third kappa shape index (κ3) is 1.72. The lowest BCUT2D eigenvalue weighted by atomic mass is 9.43. The molecule has 4 aliphatic carbocycles. The molecule has 1 aromatic carbocycles. The first kappa shape index (κ1) is 12.9. The minimum atomic E-state index is 0.460. The van der Waals surface area contributed by atoms with Gasteiger partial charge >= 0.3 is 0 Å². The van der Waals surface area contributed by atoms with Gasteiger partial charge in [-0.05, 0) is 98.3 Å². The monoisotopic (exact) mass is 269 g/mol. The van der Waals surface area contributed by atoms with Crippen LogP contribution in [0.3, 0.4) is 0 Å². The van der Waals surface area contributed by atoms with Crippen LogP contribution < -0.4 is 5.73 Å². The van der Waals surface area contributed by atoms with Crippen molar-refractivity contribution in [3.05, 3.63) is 34.9 Å². The molecule has 5 rings (SSSR count). The van der Waals surface area contributed by atoms with Crippen LogP contribution in [0.1, 0.15) is 55.2 Å². The van der Waals surface area contributed by atoms with E-state index in [1.807, 2.05) is 0 Å². The molecule has 4 saturated carbocycles. The summed E-state index contributed by atoms with van der Waals surface area (Å²) in [4.78, 5) is 0. The van der Waals surface area contributed by atoms with Crippen LogP contribution in [-0.2, 0) is 5.41 Å². The van der Waals surface area contributed by atoms with Gasteiger partial charge in [-0.15, -0.1) is 0 Å². The van der Waals surface area contributed by atoms with E-state index in [4.69, 9.17) is 5.73 Å². The van der Waals surface area contributed by atoms with E-state index < -0.39 is 0 Å². The Labute approximate surface area is 122 Å². The third-order valence-electron chi connectivity index (χ3n) is 6.73. The van der Waals surface area contributed by atoms with Crippen molar-refractivity contribution in [3.63, 3.8) is 0 Å². The Morgan fingerprint density at radius 3 is 2.35 bits per heavy atom. The van der Waals surface area contributed by atoms with Gasteiger partial charge in [0.15, 0.2) is 0 Å². The van der Waals surface area contributed by atoms with Gasteiger partial charge in [-0.25, -0.2) is 0 Å². The minimum Gasteiger partial charge on any atom is -0.330 e. The Bertz CT molecular complexity index is 531. The molecule has 0 aliphatic heterocycles. The normalized spacial score (nSPS) is 42.1. The highest BCUT2D eigenvalue weighted by Gasteiger charge is 2.57. The second-order valence-corrected chi connectivity index (χ2v) is 8.24. The lowest BCUT2D eigenvalue weighted by Gasteiger charge is -2.62. The summed E-state index contributed by atoms with van der Waals surface area (Å²) in [5.41, 5.74) is 11.7. The van der Waals surface area contributed by atoms with Crippen molar-refractivity contribution in [3.8, 4) is 0 Å². The predicted octanol–water partition coefficient (Wildman–Crippen LogP) is 4.10. The van der Waals surface area contributed by atoms with Crippen molar-refractivity contribution in [2.45, 2.75) is 57.8 Å². The van der Waals surface area contributed by atoms with Gasteiger partial charge in [0, 0.05) is 0 Å². The summed E-state index contributed by atoms with van der Waals surface area (Å²) in [6.07, 6.45) is 8.50. The number of benzene rings is 1. The van der Waals surface area contributed by atoms with Gasteiger partial charge in [-0.2, -0.15) is 0 Å². The van der Waals surface area contributed by atoms with Crippen LogP contribution >= 0.6 is 0 Å². The molecule has 2 unspecified atom stereocenters. The first-order chi connectivity index (χ1) is 9.54. The molecule has 4 bridgehead atoms. The second-order valence-electron chi connectivity index (χ2n) is 8.24. The Morgan fingerprint density at radius 1 is 1.05 bits per heavy atom. The zero-order valence-corrected chi connectivity index (χ0v) is 12.9. The van der Waals surface area contributed by atoms with E-state index in [1.165, 1.54) is 49.7 Å². The van der Waals surface area contributed by atoms with Crippen LogP contribution in [-0.4, -0.2) is 6.54 Å². The number of hydrogen-bond acceptors (Lipinski definition) is 1. The van der Waals surface area contributed by atoms with E-state index in [1.54, 1.807) is 5.56 Å². The van der Waals surface area contributed by atoms with E-state index in [-0.39, 0.29) is 0 Å². The molecule has 0 spiro atoms. The zero-order valence-electron chi connectivity index (χ0n) is 12.9. The molecule has 20 heavy (non-hydrogen) atoms. The van der Waals surface area contributed by atoms with E-state index in [0.717, 1.165) is 18.4 Å². The van der Waals surface area contributed by atoms with Crippen LogP contribution in [0.25, 0.3) is 0 Å². The molecule has 2 N–H and O–H groups in total. The number of nitrogens with two attached hydrogens (primary N) is 1. The van der Waals surface area contributed by atoms with Crippen LogP contribution in [0, 0.1) is 31.1 Å². The van der Waals surface area contributed by atoms with Crippen molar-refractivity contribution >= 4 is 0 Å². The van der Waals surface area contributed by atoms with Crippen molar-refractivity contribution < 1.29 is 0 Å². The summed E-state index contributed by atoms with van der Waals surface area (Å²) in [5.74, 6) is 1.89. The topological polar surface area (TPSA) is 26.0 Å². The standard InChI is InChI=1S/C19H27N/c1-13-3-4-17(5-14(13)2)19-9-15-6-16(10-19)8-18(7-15,11-19)12-20/h3-5,15-16H,6-12,20H2,1-2H3. The molecule has 1 aromatic rings. The SMILES string of the molecule is Cc1ccc(C23CC4CC(CC(CN)(C4)C2)C3)cc1C. The predicted molar refractivity (Wildman–Crippen MR) is 83.8 cm³/mol. The van der Waals surface area contributed by atoms with Crippen LogP contribution in [0.2, 0.25) is 0 Å². The van der Waals surface area contributed by atoms with Gasteiger partial charge in [0.05, 0.1) is 0 Å². The van der Waals surface area contributed by atoms with Crippen molar-refractivity contribution in [2.24, 2.45) is 23.0 Å². The van der Waals surface area contributed by atoms with Crippen LogP contribution in [0.4, 0.5) is 0 Å². The molecule has 1 nitrogen and oxygen atoms in total. The maximum Gasteiger partial charge on any atom is -0.00200 e. The molecular formula is C19H27N. The molecule has 2 atom stereocenters. The summed E-state index contributed by atoms with van der Waals surface area (Å²) in [6.45, 7) is 5.39. The first-order valence-electron chi connectivity index (χ1n) is 8.32. The summed E-state index contributed by atoms with van der Waals surface area (Å²) < 4.78 is 0. The van der Waals surface area contributed by atoms with Gasteiger partial charge in [0.25, 0.3) is 0 Å². The Morgan fingerprint density at radius 2 is 1.75 bits per heavy atom. The van der Waals surface area contributed by atoms with Gasteiger partial charge in [-0.3, -0.25) is 0 Å². The molecule has 1 heteroatoms. The summed E-state index contributed by atoms with van der Waals surface area (Å²) in [7, 11) is 0. The fourth-order valence-electron chi connectivity index (χ4n) is 6.10. The van der Waals surface area contributed by atoms with Gasteiger partial charge in [-0.1, -0.05) is 18.2 Å². The molecule has 0 amide bonds. The first-order valence-corrected chi connectivity index (χ1v) is 8.32. The average Bonchev–Trinajstić information content (AvgIpc) is 2.40. The zero-order chi connectivity index (χ0) is 14.0.